The SMILES string of the molecule is Cc1nccc(-c2ccn[c]n2)n1. The fourth-order valence-corrected chi connectivity index (χ4v) is 1.00. The first kappa shape index (κ1) is 7.79. The number of aromatic nitrogens is 4. The van der Waals surface area contributed by atoms with Gasteiger partial charge in [-0.15, -0.1) is 0 Å². The van der Waals surface area contributed by atoms with Gasteiger partial charge in [0.25, 0.3) is 0 Å². The summed E-state index contributed by atoms with van der Waals surface area (Å²) in [5.74, 6) is 0.733. The van der Waals surface area contributed by atoms with Crippen molar-refractivity contribution in [3.63, 3.8) is 0 Å². The molecule has 0 unspecified atom stereocenters. The predicted octanol–water partition coefficient (Wildman–Crippen LogP) is 1.04. The molecular formula is C9H7N4. The number of hydrogen-bond donors (Lipinski definition) is 0. The lowest BCUT2D eigenvalue weighted by Gasteiger charge is -1.97. The Labute approximate surface area is 75.7 Å². The average molecular weight is 171 g/mol. The number of rotatable bonds is 1. The number of hydrogen-bond acceptors (Lipinski definition) is 4. The molecule has 2 aromatic heterocycles. The molecule has 4 nitrogen and oxygen atoms in total. The van der Waals surface area contributed by atoms with Crippen LogP contribution in [0.3, 0.4) is 0 Å². The van der Waals surface area contributed by atoms with Gasteiger partial charge < -0.3 is 0 Å². The molecule has 0 bridgehead atoms. The topological polar surface area (TPSA) is 51.6 Å². The summed E-state index contributed by atoms with van der Waals surface area (Å²) < 4.78 is 0. The summed E-state index contributed by atoms with van der Waals surface area (Å²) in [5, 5.41) is 0. The quantitative estimate of drug-likeness (QED) is 0.643. The van der Waals surface area contributed by atoms with Crippen LogP contribution in [0.1, 0.15) is 5.82 Å². The van der Waals surface area contributed by atoms with E-state index in [2.05, 4.69) is 26.3 Å². The minimum atomic E-state index is 0.733. The predicted molar refractivity (Wildman–Crippen MR) is 46.6 cm³/mol. The smallest absolute Gasteiger partial charge is 0.198 e. The van der Waals surface area contributed by atoms with Crippen molar-refractivity contribution in [3.05, 3.63) is 36.7 Å². The molecule has 0 aliphatic heterocycles. The lowest BCUT2D eigenvalue weighted by Crippen LogP contribution is -1.91. The molecule has 0 aromatic carbocycles. The van der Waals surface area contributed by atoms with Crippen LogP contribution in [-0.4, -0.2) is 19.9 Å². The summed E-state index contributed by atoms with van der Waals surface area (Å²) in [6.45, 7) is 1.84. The summed E-state index contributed by atoms with van der Waals surface area (Å²) in [7, 11) is 0. The molecule has 2 rings (SSSR count). The first-order chi connectivity index (χ1) is 6.36. The fraction of sp³-hybridized carbons (Fsp3) is 0.111. The van der Waals surface area contributed by atoms with Gasteiger partial charge in [-0.1, -0.05) is 0 Å². The van der Waals surface area contributed by atoms with Crippen LogP contribution < -0.4 is 0 Å². The van der Waals surface area contributed by atoms with Gasteiger partial charge in [0.05, 0.1) is 11.4 Å². The molecular weight excluding hydrogens is 164 g/mol. The maximum Gasteiger partial charge on any atom is 0.198 e. The van der Waals surface area contributed by atoms with Gasteiger partial charge in [0.15, 0.2) is 6.33 Å². The van der Waals surface area contributed by atoms with Crippen molar-refractivity contribution in [2.24, 2.45) is 0 Å². The van der Waals surface area contributed by atoms with Crippen molar-refractivity contribution in [2.45, 2.75) is 6.92 Å². The third kappa shape index (κ3) is 1.66. The Balaban J connectivity index is 2.48. The van der Waals surface area contributed by atoms with E-state index in [1.807, 2.05) is 13.0 Å². The van der Waals surface area contributed by atoms with Crippen LogP contribution in [0.4, 0.5) is 0 Å². The molecule has 63 valence electrons. The molecule has 0 aliphatic rings. The summed E-state index contributed by atoms with van der Waals surface area (Å²) in [6, 6.07) is 3.60. The van der Waals surface area contributed by atoms with Gasteiger partial charge >= 0.3 is 0 Å². The highest BCUT2D eigenvalue weighted by molar-refractivity contribution is 5.51. The lowest BCUT2D eigenvalue weighted by atomic mass is 10.3. The van der Waals surface area contributed by atoms with Crippen molar-refractivity contribution < 1.29 is 0 Å². The Bertz CT molecular complexity index is 399. The van der Waals surface area contributed by atoms with E-state index in [9.17, 15) is 0 Å². The van der Waals surface area contributed by atoms with Crippen LogP contribution in [0, 0.1) is 13.3 Å². The van der Waals surface area contributed by atoms with Crippen LogP contribution >= 0.6 is 0 Å². The van der Waals surface area contributed by atoms with E-state index in [1.54, 1.807) is 18.5 Å². The highest BCUT2D eigenvalue weighted by Crippen LogP contribution is 2.10. The van der Waals surface area contributed by atoms with Crippen molar-refractivity contribution in [1.82, 2.24) is 19.9 Å². The first-order valence-electron chi connectivity index (χ1n) is 3.85. The Hall–Kier alpha value is -1.84. The lowest BCUT2D eigenvalue weighted by molar-refractivity contribution is 1.04. The molecule has 1 radical (unpaired) electrons. The maximum absolute atomic E-state index is 4.22. The van der Waals surface area contributed by atoms with Crippen molar-refractivity contribution >= 4 is 0 Å². The van der Waals surface area contributed by atoms with E-state index >= 15 is 0 Å². The third-order valence-corrected chi connectivity index (χ3v) is 1.57. The number of nitrogens with zero attached hydrogens (tertiary/aromatic N) is 4. The minimum absolute atomic E-state index is 0.733. The standard InChI is InChI=1S/C9H7N4/c1-7-11-5-3-9(13-7)8-2-4-10-6-12-8/h2-5H,1H3. The second-order valence-electron chi connectivity index (χ2n) is 2.53. The van der Waals surface area contributed by atoms with E-state index in [4.69, 9.17) is 0 Å². The van der Waals surface area contributed by atoms with E-state index in [0.29, 0.717) is 0 Å². The van der Waals surface area contributed by atoms with Crippen molar-refractivity contribution in [2.75, 3.05) is 0 Å². The Morgan fingerprint density at radius 1 is 1.15 bits per heavy atom. The molecule has 0 saturated heterocycles. The molecule has 2 heterocycles. The zero-order chi connectivity index (χ0) is 9.10. The Kier molecular flexibility index (Phi) is 1.96. The van der Waals surface area contributed by atoms with Crippen molar-refractivity contribution in [3.8, 4) is 11.4 Å². The van der Waals surface area contributed by atoms with Gasteiger partial charge in [0.1, 0.15) is 5.82 Å². The monoisotopic (exact) mass is 171 g/mol. The van der Waals surface area contributed by atoms with Crippen molar-refractivity contribution in [1.29, 1.82) is 0 Å². The Morgan fingerprint density at radius 3 is 2.69 bits per heavy atom. The molecule has 0 N–H and O–H groups in total. The summed E-state index contributed by atoms with van der Waals surface area (Å²) >= 11 is 0. The summed E-state index contributed by atoms with van der Waals surface area (Å²) in [6.07, 6.45) is 5.87. The van der Waals surface area contributed by atoms with E-state index in [-0.39, 0.29) is 0 Å². The zero-order valence-corrected chi connectivity index (χ0v) is 7.10. The fourth-order valence-electron chi connectivity index (χ4n) is 1.00. The third-order valence-electron chi connectivity index (χ3n) is 1.57. The summed E-state index contributed by atoms with van der Waals surface area (Å²) in [5.41, 5.74) is 1.56. The van der Waals surface area contributed by atoms with Crippen LogP contribution in [-0.2, 0) is 0 Å². The van der Waals surface area contributed by atoms with E-state index < -0.39 is 0 Å². The van der Waals surface area contributed by atoms with Crippen LogP contribution in [0.15, 0.2) is 24.5 Å². The van der Waals surface area contributed by atoms with Gasteiger partial charge in [0.2, 0.25) is 0 Å². The maximum atomic E-state index is 4.22. The van der Waals surface area contributed by atoms with Gasteiger partial charge in [-0.3, -0.25) is 0 Å². The van der Waals surface area contributed by atoms with Crippen LogP contribution in [0.25, 0.3) is 11.4 Å². The van der Waals surface area contributed by atoms with E-state index in [1.165, 1.54) is 0 Å². The average Bonchev–Trinajstić information content (AvgIpc) is 2.19. The van der Waals surface area contributed by atoms with Crippen LogP contribution in [0.2, 0.25) is 0 Å². The zero-order valence-electron chi connectivity index (χ0n) is 7.10. The molecule has 0 amide bonds. The normalized spacial score (nSPS) is 9.92. The Morgan fingerprint density at radius 2 is 2.00 bits per heavy atom. The molecule has 0 aliphatic carbocycles. The van der Waals surface area contributed by atoms with Gasteiger partial charge in [-0.2, -0.15) is 0 Å². The highest BCUT2D eigenvalue weighted by atomic mass is 14.9. The molecule has 13 heavy (non-hydrogen) atoms. The second kappa shape index (κ2) is 3.26. The molecule has 2 aromatic rings. The van der Waals surface area contributed by atoms with E-state index in [0.717, 1.165) is 17.2 Å². The largest absolute Gasteiger partial charge is 0.242 e. The second-order valence-corrected chi connectivity index (χ2v) is 2.53. The van der Waals surface area contributed by atoms with Gasteiger partial charge in [0, 0.05) is 12.4 Å². The summed E-state index contributed by atoms with van der Waals surface area (Å²) in [4.78, 5) is 15.9. The molecule has 4 heteroatoms. The minimum Gasteiger partial charge on any atom is -0.242 e. The van der Waals surface area contributed by atoms with Gasteiger partial charge in [-0.25, -0.2) is 19.9 Å². The first-order valence-corrected chi connectivity index (χ1v) is 3.85. The molecule has 0 fully saturated rings. The molecule has 0 atom stereocenters. The van der Waals surface area contributed by atoms with Crippen LogP contribution in [0.5, 0.6) is 0 Å². The van der Waals surface area contributed by atoms with Gasteiger partial charge in [-0.05, 0) is 19.1 Å². The molecule has 0 spiro atoms. The molecule has 0 saturated carbocycles. The highest BCUT2D eigenvalue weighted by Gasteiger charge is 1.99. The number of aryl methyl sites for hydroxylation is 1.